The van der Waals surface area contributed by atoms with Crippen molar-refractivity contribution in [2.24, 2.45) is 0 Å². The maximum Gasteiger partial charge on any atom is 0.410 e. The molecule has 11 heteroatoms. The minimum Gasteiger partial charge on any atom is -0.492 e. The first-order valence-corrected chi connectivity index (χ1v) is 14.8. The molecule has 2 aliphatic heterocycles. The smallest absolute Gasteiger partial charge is 0.410 e. The third-order valence-corrected chi connectivity index (χ3v) is 7.72. The lowest BCUT2D eigenvalue weighted by molar-refractivity contribution is 0.00616. The summed E-state index contributed by atoms with van der Waals surface area (Å²) in [6.45, 7) is 10.9. The molecule has 1 N–H and O–H groups in total. The predicted octanol–water partition coefficient (Wildman–Crippen LogP) is 5.66. The zero-order valence-electron chi connectivity index (χ0n) is 26.4. The van der Waals surface area contributed by atoms with Crippen LogP contribution in [0.1, 0.15) is 55.3 Å². The van der Waals surface area contributed by atoms with E-state index in [1.54, 1.807) is 40.1 Å². The van der Waals surface area contributed by atoms with Gasteiger partial charge in [-0.3, -0.25) is 9.59 Å². The molecule has 44 heavy (non-hydrogen) atoms. The molecule has 0 aliphatic carbocycles. The molecule has 2 aliphatic rings. The number of amides is 3. The van der Waals surface area contributed by atoms with Crippen LogP contribution in [0.3, 0.4) is 0 Å². The Labute approximate surface area is 258 Å². The summed E-state index contributed by atoms with van der Waals surface area (Å²) in [6, 6.07) is 14.5. The number of rotatable bonds is 5. The van der Waals surface area contributed by atoms with E-state index in [2.05, 4.69) is 10.3 Å². The second-order valence-electron chi connectivity index (χ2n) is 12.0. The Morgan fingerprint density at radius 2 is 1.75 bits per heavy atom. The highest BCUT2D eigenvalue weighted by atomic mass is 16.6. The van der Waals surface area contributed by atoms with E-state index >= 15 is 0 Å². The number of nitrogens with zero attached hydrogens (tertiary/aromatic N) is 5. The summed E-state index contributed by atoms with van der Waals surface area (Å²) in [6.07, 6.45) is 1.31. The van der Waals surface area contributed by atoms with Crippen molar-refractivity contribution in [3.63, 3.8) is 0 Å². The number of piperazine rings is 1. The number of hydrogen-bond donors (Lipinski definition) is 1. The minimum absolute atomic E-state index is 0.104. The van der Waals surface area contributed by atoms with E-state index in [9.17, 15) is 14.4 Å². The predicted molar refractivity (Wildman–Crippen MR) is 171 cm³/mol. The fourth-order valence-electron chi connectivity index (χ4n) is 5.49. The van der Waals surface area contributed by atoms with Crippen LogP contribution in [-0.4, -0.2) is 84.7 Å². The van der Waals surface area contributed by atoms with Crippen molar-refractivity contribution in [3.8, 4) is 5.75 Å². The van der Waals surface area contributed by atoms with Crippen molar-refractivity contribution < 1.29 is 23.9 Å². The largest absolute Gasteiger partial charge is 0.492 e. The van der Waals surface area contributed by atoms with E-state index in [0.29, 0.717) is 60.3 Å². The first kappa shape index (κ1) is 30.7. The van der Waals surface area contributed by atoms with Crippen LogP contribution in [-0.2, 0) is 4.74 Å². The van der Waals surface area contributed by atoms with Crippen molar-refractivity contribution in [3.05, 3.63) is 65.9 Å². The number of carbonyl (C=O) groups excluding carboxylic acids is 3. The standard InChI is InChI=1S/C33H40N6O5/c1-8-43-28-17-22(30(40)39-16-15-38(20-21(39)2)32(42)44-33(3,4)5)13-14-24(28)35-29-18-26-27(19-34-29)37(7)31(41)23-11-9-10-12-25(23)36(26)6/h9-14,17-19,21H,8,15-16,20H2,1-7H3,(H,34,35)/t21-/m0/s1. The summed E-state index contributed by atoms with van der Waals surface area (Å²) in [5.41, 5.74) is 3.48. The number of fused-ring (bicyclic) bond motifs is 2. The maximum absolute atomic E-state index is 13.6. The number of pyridine rings is 1. The van der Waals surface area contributed by atoms with Gasteiger partial charge in [-0.1, -0.05) is 12.1 Å². The molecule has 5 rings (SSSR count). The summed E-state index contributed by atoms with van der Waals surface area (Å²) in [5, 5.41) is 3.34. The normalized spacial score (nSPS) is 16.6. The van der Waals surface area contributed by atoms with Gasteiger partial charge in [0.1, 0.15) is 17.2 Å². The molecule has 3 amide bonds. The molecule has 1 fully saturated rings. The molecule has 1 saturated heterocycles. The van der Waals surface area contributed by atoms with Gasteiger partial charge in [0, 0.05) is 51.4 Å². The molecule has 0 bridgehead atoms. The first-order valence-electron chi connectivity index (χ1n) is 14.8. The lowest BCUT2D eigenvalue weighted by Gasteiger charge is -2.40. The number of aromatic nitrogens is 1. The van der Waals surface area contributed by atoms with Crippen LogP contribution in [0.25, 0.3) is 0 Å². The summed E-state index contributed by atoms with van der Waals surface area (Å²) < 4.78 is 11.5. The molecule has 0 unspecified atom stereocenters. The summed E-state index contributed by atoms with van der Waals surface area (Å²) in [4.78, 5) is 50.9. The topological polar surface area (TPSA) is 108 Å². The average molecular weight is 601 g/mol. The number of carbonyl (C=O) groups is 3. The maximum atomic E-state index is 13.6. The van der Waals surface area contributed by atoms with E-state index in [-0.39, 0.29) is 23.9 Å². The second kappa shape index (κ2) is 12.1. The Morgan fingerprint density at radius 3 is 2.45 bits per heavy atom. The van der Waals surface area contributed by atoms with Gasteiger partial charge in [-0.05, 0) is 65.0 Å². The average Bonchev–Trinajstić information content (AvgIpc) is 3.06. The zero-order valence-corrected chi connectivity index (χ0v) is 26.4. The molecule has 0 spiro atoms. The van der Waals surface area contributed by atoms with Crippen LogP contribution in [0.2, 0.25) is 0 Å². The van der Waals surface area contributed by atoms with Crippen LogP contribution in [0, 0.1) is 0 Å². The third-order valence-electron chi connectivity index (χ3n) is 7.72. The van der Waals surface area contributed by atoms with Crippen molar-refractivity contribution in [2.75, 3.05) is 55.5 Å². The molecular weight excluding hydrogens is 560 g/mol. The lowest BCUT2D eigenvalue weighted by Crippen LogP contribution is -2.56. The molecule has 0 radical (unpaired) electrons. The molecular formula is C33H40N6O5. The molecule has 3 aromatic rings. The number of nitrogens with one attached hydrogen (secondary N) is 1. The highest BCUT2D eigenvalue weighted by molar-refractivity contribution is 6.13. The highest BCUT2D eigenvalue weighted by Crippen LogP contribution is 2.40. The molecule has 232 valence electrons. The van der Waals surface area contributed by atoms with Crippen LogP contribution in [0.4, 0.5) is 33.4 Å². The Balaban J connectivity index is 1.36. The number of ether oxygens (including phenoxy) is 2. The van der Waals surface area contributed by atoms with Gasteiger partial charge in [-0.25, -0.2) is 9.78 Å². The third kappa shape index (κ3) is 6.13. The van der Waals surface area contributed by atoms with E-state index in [4.69, 9.17) is 9.47 Å². The quantitative estimate of drug-likeness (QED) is 0.400. The molecule has 2 aromatic carbocycles. The Bertz CT molecular complexity index is 1590. The van der Waals surface area contributed by atoms with Gasteiger partial charge in [0.2, 0.25) is 0 Å². The Hall–Kier alpha value is -4.80. The van der Waals surface area contributed by atoms with Crippen LogP contribution < -0.4 is 19.9 Å². The molecule has 1 atom stereocenters. The van der Waals surface area contributed by atoms with Gasteiger partial charge >= 0.3 is 6.09 Å². The van der Waals surface area contributed by atoms with Crippen molar-refractivity contribution in [1.29, 1.82) is 0 Å². The van der Waals surface area contributed by atoms with Crippen molar-refractivity contribution in [1.82, 2.24) is 14.8 Å². The van der Waals surface area contributed by atoms with Gasteiger partial charge in [-0.2, -0.15) is 0 Å². The Morgan fingerprint density at radius 1 is 1.00 bits per heavy atom. The zero-order chi connectivity index (χ0) is 31.8. The lowest BCUT2D eigenvalue weighted by atomic mass is 10.1. The van der Waals surface area contributed by atoms with Gasteiger partial charge in [0.25, 0.3) is 11.8 Å². The monoisotopic (exact) mass is 600 g/mol. The highest BCUT2D eigenvalue weighted by Gasteiger charge is 2.33. The molecule has 0 saturated carbocycles. The Kier molecular flexibility index (Phi) is 8.40. The number of benzene rings is 2. The molecule has 3 heterocycles. The minimum atomic E-state index is -0.580. The summed E-state index contributed by atoms with van der Waals surface area (Å²) >= 11 is 0. The summed E-state index contributed by atoms with van der Waals surface area (Å²) in [5.74, 6) is 0.835. The van der Waals surface area contributed by atoms with E-state index < -0.39 is 5.60 Å². The van der Waals surface area contributed by atoms with Gasteiger partial charge in [0.05, 0.1) is 41.1 Å². The van der Waals surface area contributed by atoms with Gasteiger partial charge in [0.15, 0.2) is 0 Å². The van der Waals surface area contributed by atoms with E-state index in [1.165, 1.54) is 0 Å². The second-order valence-corrected chi connectivity index (χ2v) is 12.0. The number of hydrogen-bond acceptors (Lipinski definition) is 8. The van der Waals surface area contributed by atoms with Crippen molar-refractivity contribution >= 4 is 46.5 Å². The summed E-state index contributed by atoms with van der Waals surface area (Å²) in [7, 11) is 3.67. The van der Waals surface area contributed by atoms with Crippen LogP contribution >= 0.6 is 0 Å². The van der Waals surface area contributed by atoms with Crippen molar-refractivity contribution in [2.45, 2.75) is 46.3 Å². The van der Waals surface area contributed by atoms with Gasteiger partial charge < -0.3 is 34.4 Å². The molecule has 11 nitrogen and oxygen atoms in total. The fourth-order valence-corrected chi connectivity index (χ4v) is 5.49. The molecule has 1 aromatic heterocycles. The first-order chi connectivity index (χ1) is 20.9. The van der Waals surface area contributed by atoms with Crippen LogP contribution in [0.5, 0.6) is 5.75 Å². The number of anilines is 5. The SMILES string of the molecule is CCOc1cc(C(=O)N2CCN(C(=O)OC(C)(C)C)C[C@@H]2C)ccc1Nc1cc2c(cn1)N(C)C(=O)c1ccccc1N2C. The van der Waals surface area contributed by atoms with Gasteiger partial charge in [-0.15, -0.1) is 0 Å². The van der Waals surface area contributed by atoms with E-state index in [1.807, 2.05) is 83.0 Å². The fraction of sp³-hybridized carbons (Fsp3) is 0.394. The number of para-hydroxylation sites is 1. The van der Waals surface area contributed by atoms with E-state index in [0.717, 1.165) is 11.4 Å². The van der Waals surface area contributed by atoms with Crippen LogP contribution in [0.15, 0.2) is 54.7 Å².